The van der Waals surface area contributed by atoms with E-state index in [0.29, 0.717) is 27.7 Å². The second-order valence-electron chi connectivity index (χ2n) is 5.62. The van der Waals surface area contributed by atoms with Gasteiger partial charge in [-0.2, -0.15) is 0 Å². The maximum absolute atomic E-state index is 12.2. The van der Waals surface area contributed by atoms with E-state index in [9.17, 15) is 9.59 Å². The molecule has 0 unspecified atom stereocenters. The van der Waals surface area contributed by atoms with Gasteiger partial charge in [-0.1, -0.05) is 23.7 Å². The first-order valence-corrected chi connectivity index (χ1v) is 8.31. The molecule has 1 heterocycles. The number of nitrogens with zero attached hydrogens (tertiary/aromatic N) is 1. The number of carbonyl (C=O) groups is 2. The number of anilines is 3. The lowest BCUT2D eigenvalue weighted by atomic mass is 10.1. The Bertz CT molecular complexity index is 938. The number of carbonyl (C=O) groups excluding carboxylic acids is 2. The van der Waals surface area contributed by atoms with Gasteiger partial charge in [0, 0.05) is 11.3 Å². The fourth-order valence-corrected chi connectivity index (χ4v) is 2.54. The van der Waals surface area contributed by atoms with Gasteiger partial charge in [0.15, 0.2) is 5.78 Å². The Morgan fingerprint density at radius 3 is 2.23 bits per heavy atom. The largest absolute Gasteiger partial charge is 0.340 e. The van der Waals surface area contributed by atoms with Crippen molar-refractivity contribution in [3.63, 3.8) is 0 Å². The van der Waals surface area contributed by atoms with Gasteiger partial charge in [0.1, 0.15) is 5.82 Å². The van der Waals surface area contributed by atoms with Gasteiger partial charge in [0.2, 0.25) is 0 Å². The SMILES string of the molecule is CC(=O)c1ccc(Nc2ccc(NC(=O)c3ccccc3Cl)cn2)cc1. The lowest BCUT2D eigenvalue weighted by Crippen LogP contribution is -2.12. The number of nitrogens with one attached hydrogen (secondary N) is 2. The Kier molecular flexibility index (Phi) is 5.29. The van der Waals surface area contributed by atoms with Crippen molar-refractivity contribution in [3.05, 3.63) is 83.0 Å². The Labute approximate surface area is 156 Å². The van der Waals surface area contributed by atoms with Crippen LogP contribution in [0.3, 0.4) is 0 Å². The van der Waals surface area contributed by atoms with Gasteiger partial charge in [-0.25, -0.2) is 4.98 Å². The molecule has 0 aliphatic rings. The zero-order valence-electron chi connectivity index (χ0n) is 14.0. The fourth-order valence-electron chi connectivity index (χ4n) is 2.32. The minimum atomic E-state index is -0.294. The summed E-state index contributed by atoms with van der Waals surface area (Å²) in [6, 6.07) is 17.5. The molecule has 0 aliphatic carbocycles. The molecule has 2 N–H and O–H groups in total. The molecular formula is C20H16ClN3O2. The molecule has 0 fully saturated rings. The Balaban J connectivity index is 1.66. The summed E-state index contributed by atoms with van der Waals surface area (Å²) in [6.07, 6.45) is 1.56. The number of aromatic nitrogens is 1. The number of hydrogen-bond donors (Lipinski definition) is 2. The predicted octanol–water partition coefficient (Wildman–Crippen LogP) is 4.93. The van der Waals surface area contributed by atoms with E-state index < -0.39 is 0 Å². The number of ketones is 1. The molecule has 0 atom stereocenters. The second kappa shape index (κ2) is 7.80. The zero-order valence-corrected chi connectivity index (χ0v) is 14.7. The predicted molar refractivity (Wildman–Crippen MR) is 103 cm³/mol. The van der Waals surface area contributed by atoms with Crippen LogP contribution in [0.4, 0.5) is 17.2 Å². The summed E-state index contributed by atoms with van der Waals surface area (Å²) in [5, 5.41) is 6.29. The third-order valence-electron chi connectivity index (χ3n) is 3.70. The molecule has 0 saturated carbocycles. The summed E-state index contributed by atoms with van der Waals surface area (Å²) in [6.45, 7) is 1.53. The molecule has 0 bridgehead atoms. The highest BCUT2D eigenvalue weighted by atomic mass is 35.5. The van der Waals surface area contributed by atoms with Crippen molar-refractivity contribution in [3.8, 4) is 0 Å². The molecule has 0 saturated heterocycles. The minimum absolute atomic E-state index is 0.0216. The Morgan fingerprint density at radius 2 is 1.62 bits per heavy atom. The van der Waals surface area contributed by atoms with Crippen LogP contribution < -0.4 is 10.6 Å². The maximum Gasteiger partial charge on any atom is 0.257 e. The van der Waals surface area contributed by atoms with Crippen LogP contribution in [0.2, 0.25) is 5.02 Å². The summed E-state index contributed by atoms with van der Waals surface area (Å²) >= 11 is 6.02. The first-order chi connectivity index (χ1) is 12.5. The number of halogens is 1. The fraction of sp³-hybridized carbons (Fsp3) is 0.0500. The Hall–Kier alpha value is -3.18. The van der Waals surface area contributed by atoms with E-state index in [4.69, 9.17) is 11.6 Å². The monoisotopic (exact) mass is 365 g/mol. The molecule has 130 valence electrons. The highest BCUT2D eigenvalue weighted by Gasteiger charge is 2.10. The van der Waals surface area contributed by atoms with E-state index in [1.807, 2.05) is 12.1 Å². The van der Waals surface area contributed by atoms with Gasteiger partial charge in [0.25, 0.3) is 5.91 Å². The molecule has 0 radical (unpaired) electrons. The topological polar surface area (TPSA) is 71.1 Å². The third-order valence-corrected chi connectivity index (χ3v) is 4.03. The summed E-state index contributed by atoms with van der Waals surface area (Å²) < 4.78 is 0. The van der Waals surface area contributed by atoms with Crippen molar-refractivity contribution in [2.24, 2.45) is 0 Å². The number of pyridine rings is 1. The van der Waals surface area contributed by atoms with Crippen LogP contribution in [0.15, 0.2) is 66.9 Å². The van der Waals surface area contributed by atoms with Crippen LogP contribution in [0.25, 0.3) is 0 Å². The number of rotatable bonds is 5. The summed E-state index contributed by atoms with van der Waals surface area (Å²) in [7, 11) is 0. The van der Waals surface area contributed by atoms with Crippen molar-refractivity contribution in [2.75, 3.05) is 10.6 Å². The van der Waals surface area contributed by atoms with Gasteiger partial charge in [-0.3, -0.25) is 9.59 Å². The van der Waals surface area contributed by atoms with Gasteiger partial charge in [-0.15, -0.1) is 0 Å². The van der Waals surface area contributed by atoms with Gasteiger partial charge >= 0.3 is 0 Å². The van der Waals surface area contributed by atoms with Crippen molar-refractivity contribution in [1.29, 1.82) is 0 Å². The van der Waals surface area contributed by atoms with Crippen molar-refractivity contribution in [2.45, 2.75) is 6.92 Å². The molecule has 0 spiro atoms. The van der Waals surface area contributed by atoms with Crippen LogP contribution in [-0.2, 0) is 0 Å². The smallest absolute Gasteiger partial charge is 0.257 e. The van der Waals surface area contributed by atoms with Crippen molar-refractivity contribution >= 4 is 40.5 Å². The number of amides is 1. The second-order valence-corrected chi connectivity index (χ2v) is 6.03. The highest BCUT2D eigenvalue weighted by molar-refractivity contribution is 6.34. The zero-order chi connectivity index (χ0) is 18.5. The van der Waals surface area contributed by atoms with E-state index in [2.05, 4.69) is 15.6 Å². The number of hydrogen-bond acceptors (Lipinski definition) is 4. The van der Waals surface area contributed by atoms with Crippen LogP contribution in [0.1, 0.15) is 27.6 Å². The Morgan fingerprint density at radius 1 is 0.923 bits per heavy atom. The minimum Gasteiger partial charge on any atom is -0.340 e. The lowest BCUT2D eigenvalue weighted by Gasteiger charge is -2.09. The number of benzene rings is 2. The van der Waals surface area contributed by atoms with Gasteiger partial charge in [-0.05, 0) is 55.5 Å². The van der Waals surface area contributed by atoms with Crippen LogP contribution in [0, 0.1) is 0 Å². The van der Waals surface area contributed by atoms with Crippen LogP contribution in [0.5, 0.6) is 0 Å². The third kappa shape index (κ3) is 4.26. The van der Waals surface area contributed by atoms with E-state index in [-0.39, 0.29) is 11.7 Å². The maximum atomic E-state index is 12.2. The van der Waals surface area contributed by atoms with Crippen LogP contribution in [-0.4, -0.2) is 16.7 Å². The molecule has 5 nitrogen and oxygen atoms in total. The van der Waals surface area contributed by atoms with Crippen molar-refractivity contribution < 1.29 is 9.59 Å². The van der Waals surface area contributed by atoms with Gasteiger partial charge < -0.3 is 10.6 Å². The van der Waals surface area contributed by atoms with E-state index in [1.54, 1.807) is 54.7 Å². The standard InChI is InChI=1S/C20H16ClN3O2/c1-13(25)14-6-8-15(9-7-14)23-19-11-10-16(12-22-19)24-20(26)17-4-2-3-5-18(17)21/h2-12H,1H3,(H,22,23)(H,24,26). The molecule has 1 amide bonds. The summed E-state index contributed by atoms with van der Waals surface area (Å²) in [5.41, 5.74) is 2.44. The molecular weight excluding hydrogens is 350 g/mol. The first-order valence-electron chi connectivity index (χ1n) is 7.93. The normalized spacial score (nSPS) is 10.2. The van der Waals surface area contributed by atoms with Gasteiger partial charge in [0.05, 0.1) is 22.5 Å². The molecule has 1 aromatic heterocycles. The van der Waals surface area contributed by atoms with E-state index in [1.165, 1.54) is 6.92 Å². The molecule has 26 heavy (non-hydrogen) atoms. The quantitative estimate of drug-likeness (QED) is 0.628. The van der Waals surface area contributed by atoms with Crippen molar-refractivity contribution in [1.82, 2.24) is 4.98 Å². The average Bonchev–Trinajstić information content (AvgIpc) is 2.64. The molecule has 2 aromatic carbocycles. The summed E-state index contributed by atoms with van der Waals surface area (Å²) in [4.78, 5) is 27.8. The molecule has 6 heteroatoms. The summed E-state index contributed by atoms with van der Waals surface area (Å²) in [5.74, 6) is 0.350. The lowest BCUT2D eigenvalue weighted by molar-refractivity contribution is 0.101. The number of Topliss-reactive ketones (excluding diaryl/α,β-unsaturated/α-hetero) is 1. The molecule has 3 rings (SSSR count). The average molecular weight is 366 g/mol. The first kappa shape index (κ1) is 17.6. The molecule has 0 aliphatic heterocycles. The van der Waals surface area contributed by atoms with E-state index >= 15 is 0 Å². The highest BCUT2D eigenvalue weighted by Crippen LogP contribution is 2.19. The van der Waals surface area contributed by atoms with Crippen LogP contribution >= 0.6 is 11.6 Å². The van der Waals surface area contributed by atoms with E-state index in [0.717, 1.165) is 5.69 Å². The molecule has 3 aromatic rings.